The zero-order chi connectivity index (χ0) is 21.0. The van der Waals surface area contributed by atoms with Crippen LogP contribution in [0.25, 0.3) is 0 Å². The van der Waals surface area contributed by atoms with E-state index < -0.39 is 0 Å². The van der Waals surface area contributed by atoms with Crippen LogP contribution in [0.1, 0.15) is 44.6 Å². The molecule has 0 spiro atoms. The van der Waals surface area contributed by atoms with Crippen LogP contribution in [0.2, 0.25) is 0 Å². The summed E-state index contributed by atoms with van der Waals surface area (Å²) in [5.41, 5.74) is 2.54. The van der Waals surface area contributed by atoms with Gasteiger partial charge in [0.1, 0.15) is 0 Å². The van der Waals surface area contributed by atoms with Gasteiger partial charge in [0.25, 0.3) is 0 Å². The van der Waals surface area contributed by atoms with Crippen LogP contribution in [0.3, 0.4) is 0 Å². The second-order valence-electron chi connectivity index (χ2n) is 7.93. The van der Waals surface area contributed by atoms with Crippen LogP contribution in [-0.4, -0.2) is 67.5 Å². The van der Waals surface area contributed by atoms with Crippen molar-refractivity contribution in [2.24, 2.45) is 4.99 Å². The summed E-state index contributed by atoms with van der Waals surface area (Å²) >= 11 is 2.04. The molecule has 0 bridgehead atoms. The van der Waals surface area contributed by atoms with Gasteiger partial charge in [0, 0.05) is 62.9 Å². The topological polar surface area (TPSA) is 60.0 Å². The summed E-state index contributed by atoms with van der Waals surface area (Å²) in [6.07, 6.45) is 5.02. The first-order valence-electron chi connectivity index (χ1n) is 11.5. The molecule has 0 aliphatic carbocycles. The first-order chi connectivity index (χ1) is 14.8. The molecular formula is C23H38IN5OS. The molecule has 2 heterocycles. The maximum atomic E-state index is 12.1. The number of hydrogen-bond donors (Lipinski definition) is 2. The standard InChI is InChI=1S/C23H37N5OS.HI/c1-2-24-23(25-12-6-14-28-13-5-3-4-7-22(28)29)26-19-20-8-10-21(11-9-20)27-15-17-30-18-16-27;/h8-11H,2-7,12-19H2,1H3,(H2,24,25,26);1H. The van der Waals surface area contributed by atoms with Gasteiger partial charge in [-0.05, 0) is 43.9 Å². The highest BCUT2D eigenvalue weighted by molar-refractivity contribution is 14.0. The lowest BCUT2D eigenvalue weighted by atomic mass is 10.2. The van der Waals surface area contributed by atoms with Gasteiger partial charge in [0.2, 0.25) is 5.91 Å². The average molecular weight is 560 g/mol. The van der Waals surface area contributed by atoms with Gasteiger partial charge in [-0.25, -0.2) is 4.99 Å². The van der Waals surface area contributed by atoms with Gasteiger partial charge in [-0.2, -0.15) is 11.8 Å². The fourth-order valence-corrected chi connectivity index (χ4v) is 4.80. The first-order valence-corrected chi connectivity index (χ1v) is 12.6. The molecule has 1 amide bonds. The quantitative estimate of drug-likeness (QED) is 0.220. The Bertz CT molecular complexity index is 679. The maximum absolute atomic E-state index is 12.1. The van der Waals surface area contributed by atoms with E-state index in [4.69, 9.17) is 4.99 Å². The minimum atomic E-state index is 0. The average Bonchev–Trinajstić information content (AvgIpc) is 3.00. The number of carbonyl (C=O) groups is 1. The molecular weight excluding hydrogens is 521 g/mol. The van der Waals surface area contributed by atoms with Crippen molar-refractivity contribution in [2.45, 2.75) is 45.6 Å². The number of hydrogen-bond acceptors (Lipinski definition) is 4. The van der Waals surface area contributed by atoms with Crippen molar-refractivity contribution in [2.75, 3.05) is 55.7 Å². The summed E-state index contributed by atoms with van der Waals surface area (Å²) in [6, 6.07) is 8.82. The molecule has 0 saturated carbocycles. The second kappa shape index (κ2) is 14.8. The Morgan fingerprint density at radius 3 is 2.58 bits per heavy atom. The van der Waals surface area contributed by atoms with Gasteiger partial charge >= 0.3 is 0 Å². The Hall–Kier alpha value is -1.16. The number of amides is 1. The first kappa shape index (κ1) is 26.1. The minimum Gasteiger partial charge on any atom is -0.370 e. The van der Waals surface area contributed by atoms with Gasteiger partial charge in [-0.1, -0.05) is 18.6 Å². The minimum absolute atomic E-state index is 0. The molecule has 1 aromatic rings. The third-order valence-corrected chi connectivity index (χ3v) is 6.59. The van der Waals surface area contributed by atoms with Gasteiger partial charge in [0.15, 0.2) is 5.96 Å². The Kier molecular flexibility index (Phi) is 12.5. The summed E-state index contributed by atoms with van der Waals surface area (Å²) < 4.78 is 0. The lowest BCUT2D eigenvalue weighted by Gasteiger charge is -2.28. The Balaban J connectivity index is 0.00000341. The predicted molar refractivity (Wildman–Crippen MR) is 144 cm³/mol. The van der Waals surface area contributed by atoms with Gasteiger partial charge < -0.3 is 20.4 Å². The number of aliphatic imine (C=N–C) groups is 1. The van der Waals surface area contributed by atoms with Crippen molar-refractivity contribution in [1.29, 1.82) is 0 Å². The number of halogens is 1. The third-order valence-electron chi connectivity index (χ3n) is 5.65. The van der Waals surface area contributed by atoms with Crippen LogP contribution < -0.4 is 15.5 Å². The highest BCUT2D eigenvalue weighted by Gasteiger charge is 2.15. The number of thioether (sulfide) groups is 1. The van der Waals surface area contributed by atoms with E-state index >= 15 is 0 Å². The van der Waals surface area contributed by atoms with Crippen molar-refractivity contribution < 1.29 is 4.79 Å². The number of nitrogens with one attached hydrogen (secondary N) is 2. The lowest BCUT2D eigenvalue weighted by molar-refractivity contribution is -0.130. The molecule has 2 N–H and O–H groups in total. The van der Waals surface area contributed by atoms with Crippen molar-refractivity contribution in [3.05, 3.63) is 29.8 Å². The summed E-state index contributed by atoms with van der Waals surface area (Å²) in [4.78, 5) is 21.3. The molecule has 2 fully saturated rings. The number of nitrogens with zero attached hydrogens (tertiary/aromatic N) is 3. The molecule has 1 aromatic carbocycles. The van der Waals surface area contributed by atoms with Crippen LogP contribution >= 0.6 is 35.7 Å². The van der Waals surface area contributed by atoms with Crippen molar-refractivity contribution >= 4 is 53.3 Å². The van der Waals surface area contributed by atoms with Crippen LogP contribution in [0.15, 0.2) is 29.3 Å². The van der Waals surface area contributed by atoms with E-state index in [1.54, 1.807) is 0 Å². The summed E-state index contributed by atoms with van der Waals surface area (Å²) in [6.45, 7) is 8.43. The Morgan fingerprint density at radius 1 is 1.06 bits per heavy atom. The normalized spacial score (nSPS) is 17.7. The number of likely N-dealkylation sites (tertiary alicyclic amines) is 1. The monoisotopic (exact) mass is 559 g/mol. The van der Waals surface area contributed by atoms with Crippen molar-refractivity contribution in [3.63, 3.8) is 0 Å². The fourth-order valence-electron chi connectivity index (χ4n) is 3.90. The largest absolute Gasteiger partial charge is 0.370 e. The molecule has 2 aliphatic rings. The molecule has 2 aliphatic heterocycles. The fraction of sp³-hybridized carbons (Fsp3) is 0.652. The summed E-state index contributed by atoms with van der Waals surface area (Å²) in [5, 5.41) is 6.74. The third kappa shape index (κ3) is 9.08. The van der Waals surface area contributed by atoms with E-state index in [0.717, 1.165) is 64.5 Å². The molecule has 2 saturated heterocycles. The molecule has 3 rings (SSSR count). The van der Waals surface area contributed by atoms with E-state index in [2.05, 4.69) is 46.7 Å². The summed E-state index contributed by atoms with van der Waals surface area (Å²) in [5.74, 6) is 3.60. The highest BCUT2D eigenvalue weighted by atomic mass is 127. The molecule has 6 nitrogen and oxygen atoms in total. The van der Waals surface area contributed by atoms with Gasteiger partial charge in [0.05, 0.1) is 6.54 Å². The van der Waals surface area contributed by atoms with Crippen LogP contribution in [0.5, 0.6) is 0 Å². The molecule has 0 unspecified atom stereocenters. The molecule has 0 radical (unpaired) electrons. The zero-order valence-electron chi connectivity index (χ0n) is 18.8. The van der Waals surface area contributed by atoms with Gasteiger partial charge in [-0.3, -0.25) is 4.79 Å². The SMILES string of the molecule is CCNC(=NCc1ccc(N2CCSCC2)cc1)NCCCN1CCCCCC1=O.I. The molecule has 8 heteroatoms. The van der Waals surface area contributed by atoms with Crippen LogP contribution in [0, 0.1) is 0 Å². The van der Waals surface area contributed by atoms with Crippen molar-refractivity contribution in [3.8, 4) is 0 Å². The predicted octanol–water partition coefficient (Wildman–Crippen LogP) is 3.71. The smallest absolute Gasteiger partial charge is 0.222 e. The number of guanidine groups is 1. The molecule has 174 valence electrons. The van der Waals surface area contributed by atoms with E-state index in [1.807, 2.05) is 16.7 Å². The molecule has 0 aromatic heterocycles. The molecule has 31 heavy (non-hydrogen) atoms. The van der Waals surface area contributed by atoms with E-state index in [1.165, 1.54) is 29.2 Å². The number of benzene rings is 1. The maximum Gasteiger partial charge on any atom is 0.222 e. The summed E-state index contributed by atoms with van der Waals surface area (Å²) in [7, 11) is 0. The van der Waals surface area contributed by atoms with Gasteiger partial charge in [-0.15, -0.1) is 24.0 Å². The zero-order valence-corrected chi connectivity index (χ0v) is 21.9. The number of carbonyl (C=O) groups excluding carboxylic acids is 1. The Labute approximate surface area is 209 Å². The van der Waals surface area contributed by atoms with E-state index in [0.29, 0.717) is 18.9 Å². The highest BCUT2D eigenvalue weighted by Crippen LogP contribution is 2.20. The van der Waals surface area contributed by atoms with E-state index in [9.17, 15) is 4.79 Å². The number of rotatable bonds is 8. The number of anilines is 1. The van der Waals surface area contributed by atoms with Crippen LogP contribution in [-0.2, 0) is 11.3 Å². The lowest BCUT2D eigenvalue weighted by Crippen LogP contribution is -2.39. The van der Waals surface area contributed by atoms with E-state index in [-0.39, 0.29) is 24.0 Å². The van der Waals surface area contributed by atoms with Crippen LogP contribution in [0.4, 0.5) is 5.69 Å². The Morgan fingerprint density at radius 2 is 1.84 bits per heavy atom. The molecule has 0 atom stereocenters. The second-order valence-corrected chi connectivity index (χ2v) is 9.16. The van der Waals surface area contributed by atoms with Crippen molar-refractivity contribution in [1.82, 2.24) is 15.5 Å².